The predicted molar refractivity (Wildman–Crippen MR) is 105 cm³/mol. The van der Waals surface area contributed by atoms with Gasteiger partial charge in [0.1, 0.15) is 11.4 Å². The first-order valence-corrected chi connectivity index (χ1v) is 11.4. The molecule has 30 heavy (non-hydrogen) atoms. The van der Waals surface area contributed by atoms with Gasteiger partial charge in [0.2, 0.25) is 0 Å². The van der Waals surface area contributed by atoms with Crippen LogP contribution in [0.1, 0.15) is 58.8 Å². The summed E-state index contributed by atoms with van der Waals surface area (Å²) in [6.45, 7) is 4.52. The maximum Gasteiger partial charge on any atom is 0.312 e. The first-order chi connectivity index (χ1) is 14.2. The van der Waals surface area contributed by atoms with E-state index in [2.05, 4.69) is 19.9 Å². The van der Waals surface area contributed by atoms with E-state index in [4.69, 9.17) is 14.2 Å². The number of allylic oxidation sites excluding steroid dienone is 1. The predicted octanol–water partition coefficient (Wildman–Crippen LogP) is 2.98. The fraction of sp³-hybridized carbons (Fsp3) is 0.792. The second-order valence-corrected chi connectivity index (χ2v) is 10.9. The largest absolute Gasteiger partial charge is 0.469 e. The van der Waals surface area contributed by atoms with Crippen LogP contribution in [0.2, 0.25) is 0 Å². The molecule has 0 aromatic heterocycles. The zero-order valence-electron chi connectivity index (χ0n) is 17.9. The first kappa shape index (κ1) is 19.0. The summed E-state index contributed by atoms with van der Waals surface area (Å²) in [5, 5.41) is 0. The van der Waals surface area contributed by atoms with Crippen molar-refractivity contribution in [2.24, 2.45) is 34.5 Å². The van der Waals surface area contributed by atoms with Gasteiger partial charge in [-0.05, 0) is 42.9 Å². The molecule has 6 nitrogen and oxygen atoms in total. The normalized spacial score (nSPS) is 53.2. The zero-order valence-corrected chi connectivity index (χ0v) is 17.9. The number of ketones is 1. The Hall–Kier alpha value is -1.69. The van der Waals surface area contributed by atoms with Crippen molar-refractivity contribution < 1.29 is 28.6 Å². The van der Waals surface area contributed by atoms with E-state index in [1.807, 2.05) is 0 Å². The van der Waals surface area contributed by atoms with Crippen LogP contribution < -0.4 is 0 Å². The lowest BCUT2D eigenvalue weighted by Gasteiger charge is -2.57. The van der Waals surface area contributed by atoms with Crippen molar-refractivity contribution in [3.63, 3.8) is 0 Å². The van der Waals surface area contributed by atoms with E-state index in [-0.39, 0.29) is 64.4 Å². The maximum absolute atomic E-state index is 13.0. The number of Topliss-reactive ketones (excluding diaryl/α,β-unsaturated/α-hetero) is 1. The zero-order chi connectivity index (χ0) is 21.1. The van der Waals surface area contributed by atoms with E-state index >= 15 is 0 Å². The SMILES string of the molecule is COC(=O)[C@@H]1C=C2CC(=O)CC[C@]2(C)C2C1C1CC[C@@]3(CCC(=O)O3)[C@@]1(C)[C@H]1O[C@@H]21. The number of carbonyl (C=O) groups is 3. The van der Waals surface area contributed by atoms with Gasteiger partial charge in [-0.2, -0.15) is 0 Å². The molecule has 0 amide bonds. The highest BCUT2D eigenvalue weighted by atomic mass is 16.6. The number of epoxide rings is 1. The molecule has 9 atom stereocenters. The molecule has 3 unspecified atom stereocenters. The Morgan fingerprint density at radius 3 is 2.67 bits per heavy atom. The number of ether oxygens (including phenoxy) is 3. The first-order valence-electron chi connectivity index (χ1n) is 11.4. The number of esters is 2. The number of hydrogen-bond donors (Lipinski definition) is 0. The summed E-state index contributed by atoms with van der Waals surface area (Å²) in [6, 6.07) is 0. The van der Waals surface area contributed by atoms with Crippen molar-refractivity contribution in [2.75, 3.05) is 7.11 Å². The van der Waals surface area contributed by atoms with Crippen LogP contribution in [0, 0.1) is 34.5 Å². The number of hydrogen-bond acceptors (Lipinski definition) is 6. The summed E-state index contributed by atoms with van der Waals surface area (Å²) < 4.78 is 17.7. The Kier molecular flexibility index (Phi) is 3.65. The van der Waals surface area contributed by atoms with Crippen LogP contribution in [0.25, 0.3) is 0 Å². The van der Waals surface area contributed by atoms with E-state index in [1.165, 1.54) is 7.11 Å². The summed E-state index contributed by atoms with van der Waals surface area (Å²) in [7, 11) is 1.45. The van der Waals surface area contributed by atoms with E-state index in [0.29, 0.717) is 19.3 Å². The Morgan fingerprint density at radius 1 is 1.17 bits per heavy atom. The average molecular weight is 414 g/mol. The molecule has 2 saturated heterocycles. The molecule has 162 valence electrons. The molecule has 2 aliphatic heterocycles. The second kappa shape index (κ2) is 5.76. The van der Waals surface area contributed by atoms with Crippen molar-refractivity contribution >= 4 is 17.7 Å². The van der Waals surface area contributed by atoms with Crippen LogP contribution in [-0.4, -0.2) is 42.6 Å². The molecule has 6 aliphatic rings. The van der Waals surface area contributed by atoms with Gasteiger partial charge in [0.25, 0.3) is 0 Å². The highest BCUT2D eigenvalue weighted by Crippen LogP contribution is 2.74. The van der Waals surface area contributed by atoms with Gasteiger partial charge in [-0.25, -0.2) is 0 Å². The fourth-order valence-electron chi connectivity index (χ4n) is 8.53. The summed E-state index contributed by atoms with van der Waals surface area (Å²) in [5.74, 6) is 0.0844. The van der Waals surface area contributed by atoms with Gasteiger partial charge in [0, 0.05) is 30.6 Å². The lowest BCUT2D eigenvalue weighted by Crippen LogP contribution is -2.61. The van der Waals surface area contributed by atoms with E-state index in [0.717, 1.165) is 31.3 Å². The Balaban J connectivity index is 1.49. The Bertz CT molecular complexity index is 892. The molecule has 4 aliphatic carbocycles. The van der Waals surface area contributed by atoms with Crippen LogP contribution in [-0.2, 0) is 28.6 Å². The molecule has 0 radical (unpaired) electrons. The van der Waals surface area contributed by atoms with Crippen molar-refractivity contribution in [2.45, 2.75) is 76.6 Å². The minimum atomic E-state index is -0.465. The van der Waals surface area contributed by atoms with Gasteiger partial charge in [-0.1, -0.05) is 25.5 Å². The van der Waals surface area contributed by atoms with Gasteiger partial charge in [0.05, 0.1) is 25.2 Å². The number of fused-ring (bicyclic) bond motifs is 9. The molecule has 2 heterocycles. The summed E-state index contributed by atoms with van der Waals surface area (Å²) in [5.41, 5.74) is 0.246. The third-order valence-electron chi connectivity index (χ3n) is 10.1. The molecule has 0 N–H and O–H groups in total. The summed E-state index contributed by atoms with van der Waals surface area (Å²) in [4.78, 5) is 37.4. The maximum atomic E-state index is 13.0. The highest BCUT2D eigenvalue weighted by Gasteiger charge is 2.79. The summed E-state index contributed by atoms with van der Waals surface area (Å²) >= 11 is 0. The third-order valence-corrected chi connectivity index (χ3v) is 10.1. The molecule has 3 saturated carbocycles. The minimum absolute atomic E-state index is 0.0552. The van der Waals surface area contributed by atoms with Gasteiger partial charge in [-0.3, -0.25) is 14.4 Å². The fourth-order valence-corrected chi connectivity index (χ4v) is 8.53. The highest BCUT2D eigenvalue weighted by molar-refractivity contribution is 5.84. The van der Waals surface area contributed by atoms with Gasteiger partial charge < -0.3 is 14.2 Å². The Labute approximate surface area is 176 Å². The smallest absolute Gasteiger partial charge is 0.312 e. The van der Waals surface area contributed by atoms with Crippen molar-refractivity contribution in [3.8, 4) is 0 Å². The van der Waals surface area contributed by atoms with Crippen LogP contribution in [0.15, 0.2) is 11.6 Å². The molecule has 0 aromatic rings. The van der Waals surface area contributed by atoms with Crippen molar-refractivity contribution in [3.05, 3.63) is 11.6 Å². The van der Waals surface area contributed by atoms with Crippen molar-refractivity contribution in [1.29, 1.82) is 0 Å². The molecule has 6 rings (SSSR count). The van der Waals surface area contributed by atoms with E-state index in [1.54, 1.807) is 0 Å². The molecular formula is C24H30O6. The topological polar surface area (TPSA) is 82.2 Å². The monoisotopic (exact) mass is 414 g/mol. The molecule has 6 heteroatoms. The molecule has 5 fully saturated rings. The van der Waals surface area contributed by atoms with Crippen LogP contribution in [0.5, 0.6) is 0 Å². The quantitative estimate of drug-likeness (QED) is 0.373. The number of carbonyl (C=O) groups excluding carboxylic acids is 3. The lowest BCUT2D eigenvalue weighted by atomic mass is 9.45. The lowest BCUT2D eigenvalue weighted by molar-refractivity contribution is -0.170. The van der Waals surface area contributed by atoms with Gasteiger partial charge in [-0.15, -0.1) is 0 Å². The Morgan fingerprint density at radius 2 is 1.97 bits per heavy atom. The van der Waals surface area contributed by atoms with E-state index in [9.17, 15) is 14.4 Å². The molecule has 0 bridgehead atoms. The van der Waals surface area contributed by atoms with Crippen LogP contribution in [0.3, 0.4) is 0 Å². The average Bonchev–Trinajstić information content (AvgIpc) is 3.35. The van der Waals surface area contributed by atoms with Crippen LogP contribution in [0.4, 0.5) is 0 Å². The standard InChI is InChI=1S/C24H30O6/c1-22-7-4-13(25)10-12(22)11-14(21(27)28-3)17-15-5-8-24(9-6-16(26)30-24)23(15,2)20-19(29-20)18(17)22/h11,14-15,17-20H,4-10H2,1-3H3/t14-,15?,17?,18?,19+,20+,22+,23-,24-/m1/s1. The van der Waals surface area contributed by atoms with Crippen molar-refractivity contribution in [1.82, 2.24) is 0 Å². The second-order valence-electron chi connectivity index (χ2n) is 10.9. The third kappa shape index (κ3) is 2.07. The molecular weight excluding hydrogens is 384 g/mol. The number of methoxy groups -OCH3 is 1. The van der Waals surface area contributed by atoms with Gasteiger partial charge >= 0.3 is 11.9 Å². The molecule has 0 aromatic carbocycles. The molecule has 1 spiro atoms. The van der Waals surface area contributed by atoms with Crippen LogP contribution >= 0.6 is 0 Å². The summed E-state index contributed by atoms with van der Waals surface area (Å²) in [6.07, 6.45) is 7.04. The van der Waals surface area contributed by atoms with Gasteiger partial charge in [0.15, 0.2) is 0 Å². The van der Waals surface area contributed by atoms with E-state index < -0.39 is 5.60 Å². The number of rotatable bonds is 1. The minimum Gasteiger partial charge on any atom is -0.469 e.